The summed E-state index contributed by atoms with van der Waals surface area (Å²) in [7, 11) is 0. The Balaban J connectivity index is 1.50. The van der Waals surface area contributed by atoms with E-state index in [1.165, 1.54) is 12.1 Å². The zero-order valence-corrected chi connectivity index (χ0v) is 29.5. The molecule has 0 unspecified atom stereocenters. The lowest BCUT2D eigenvalue weighted by atomic mass is 9.94. The van der Waals surface area contributed by atoms with Crippen LogP contribution in [0.4, 0.5) is 52.7 Å². The van der Waals surface area contributed by atoms with Gasteiger partial charge in [0.25, 0.3) is 0 Å². The van der Waals surface area contributed by atoms with Crippen LogP contribution in [0, 0.1) is 0 Å². The fraction of sp³-hybridized carbons (Fsp3) is 0.0930. The lowest BCUT2D eigenvalue weighted by Crippen LogP contribution is -2.11. The van der Waals surface area contributed by atoms with E-state index in [1.54, 1.807) is 60.7 Å². The quantitative estimate of drug-likeness (QED) is 0.162. The lowest BCUT2D eigenvalue weighted by molar-refractivity contribution is -0.143. The number of aromatic nitrogens is 4. The van der Waals surface area contributed by atoms with Crippen LogP contribution in [0.5, 0.6) is 0 Å². The molecule has 0 bridgehead atoms. The summed E-state index contributed by atoms with van der Waals surface area (Å²) in [5.41, 5.74) is -6.26. The first-order valence-corrected chi connectivity index (χ1v) is 17.3. The highest BCUT2D eigenvalue weighted by Gasteiger charge is 2.38. The van der Waals surface area contributed by atoms with Crippen molar-refractivity contribution in [2.75, 3.05) is 0 Å². The van der Waals surface area contributed by atoms with Crippen molar-refractivity contribution in [2.45, 2.75) is 24.7 Å². The zero-order valence-electron chi connectivity index (χ0n) is 29.5. The van der Waals surface area contributed by atoms with Gasteiger partial charge in [-0.1, -0.05) is 78.9 Å². The molecule has 0 aliphatic heterocycles. The molecule has 0 amide bonds. The summed E-state index contributed by atoms with van der Waals surface area (Å²) in [5.74, 6) is -0.215. The van der Waals surface area contributed by atoms with Crippen LogP contribution in [-0.4, -0.2) is 19.5 Å². The Morgan fingerprint density at radius 2 is 0.763 bits per heavy atom. The third-order valence-corrected chi connectivity index (χ3v) is 9.52. The standard InChI is InChI=1S/C43H22F12N4/c44-40(45,46)26-11-14-32-33-15-12-27(41(47,48)49)21-36(33)59(35(32)20-26)30-13-16-31(25-17-28(42(50,51)52)19-29(18-25)43(53,54)55)34(22-30)39-57-37(23-7-3-1-4-8-23)56-38(58-39)24-9-5-2-6-10-24/h1-22H. The Morgan fingerprint density at radius 1 is 0.339 bits per heavy atom. The van der Waals surface area contributed by atoms with E-state index in [-0.39, 0.29) is 62.2 Å². The Labute approximate surface area is 325 Å². The van der Waals surface area contributed by atoms with Crippen LogP contribution < -0.4 is 0 Å². The van der Waals surface area contributed by atoms with Crippen molar-refractivity contribution >= 4 is 21.8 Å². The molecule has 2 aromatic heterocycles. The SMILES string of the molecule is FC(F)(F)c1cc(-c2ccc(-n3c4cc(C(F)(F)F)ccc4c4ccc(C(F)(F)F)cc43)cc2-c2nc(-c3ccccc3)nc(-c3ccccc3)n2)cc(C(F)(F)F)c1. The molecule has 0 radical (unpaired) electrons. The molecule has 0 saturated carbocycles. The zero-order chi connectivity index (χ0) is 42.1. The van der Waals surface area contributed by atoms with Gasteiger partial charge in [0, 0.05) is 33.2 Å². The van der Waals surface area contributed by atoms with Gasteiger partial charge < -0.3 is 4.57 Å². The molecular formula is C43H22F12N4. The number of halogens is 12. The number of rotatable bonds is 5. The predicted octanol–water partition coefficient (Wildman–Crippen LogP) is 13.7. The average molecular weight is 823 g/mol. The highest BCUT2D eigenvalue weighted by atomic mass is 19.4. The van der Waals surface area contributed by atoms with Gasteiger partial charge in [-0.05, 0) is 65.7 Å². The van der Waals surface area contributed by atoms with Crippen LogP contribution in [0.3, 0.4) is 0 Å². The maximum atomic E-state index is 14.2. The molecular weight excluding hydrogens is 800 g/mol. The minimum absolute atomic E-state index is 0.0346. The van der Waals surface area contributed by atoms with Crippen LogP contribution in [0.15, 0.2) is 133 Å². The Hall–Kier alpha value is -6.71. The fourth-order valence-electron chi connectivity index (χ4n) is 6.80. The van der Waals surface area contributed by atoms with Crippen LogP contribution in [0.1, 0.15) is 22.3 Å². The largest absolute Gasteiger partial charge is 0.416 e. The summed E-state index contributed by atoms with van der Waals surface area (Å²) in [6, 6.07) is 26.3. The smallest absolute Gasteiger partial charge is 0.309 e. The molecule has 0 aliphatic carbocycles. The van der Waals surface area contributed by atoms with Crippen LogP contribution >= 0.6 is 0 Å². The molecule has 8 rings (SSSR count). The van der Waals surface area contributed by atoms with Crippen molar-refractivity contribution < 1.29 is 52.7 Å². The highest BCUT2D eigenvalue weighted by Crippen LogP contribution is 2.44. The number of fused-ring (bicyclic) bond motifs is 3. The molecule has 16 heteroatoms. The van der Waals surface area contributed by atoms with Gasteiger partial charge in [-0.15, -0.1) is 0 Å². The molecule has 0 atom stereocenters. The van der Waals surface area contributed by atoms with E-state index in [1.807, 2.05) is 0 Å². The Morgan fingerprint density at radius 3 is 1.19 bits per heavy atom. The summed E-state index contributed by atoms with van der Waals surface area (Å²) in [6.45, 7) is 0. The molecule has 0 fully saturated rings. The number of alkyl halides is 12. The summed E-state index contributed by atoms with van der Waals surface area (Å²) < 4.78 is 171. The lowest BCUT2D eigenvalue weighted by Gasteiger charge is -2.18. The maximum Gasteiger partial charge on any atom is 0.416 e. The topological polar surface area (TPSA) is 43.6 Å². The van der Waals surface area contributed by atoms with Gasteiger partial charge in [0.05, 0.1) is 33.3 Å². The third-order valence-electron chi connectivity index (χ3n) is 9.52. The van der Waals surface area contributed by atoms with E-state index in [0.29, 0.717) is 23.3 Å². The van der Waals surface area contributed by atoms with Crippen molar-refractivity contribution in [3.05, 3.63) is 156 Å². The van der Waals surface area contributed by atoms with E-state index in [2.05, 4.69) is 15.0 Å². The van der Waals surface area contributed by atoms with Crippen LogP contribution in [0.2, 0.25) is 0 Å². The molecule has 59 heavy (non-hydrogen) atoms. The first-order chi connectivity index (χ1) is 27.8. The minimum atomic E-state index is -5.24. The first kappa shape index (κ1) is 39.1. The fourth-order valence-corrected chi connectivity index (χ4v) is 6.80. The second kappa shape index (κ2) is 14.0. The monoisotopic (exact) mass is 822 g/mol. The number of nitrogens with zero attached hydrogens (tertiary/aromatic N) is 4. The molecule has 8 aromatic rings. The van der Waals surface area contributed by atoms with Crippen LogP contribution in [0.25, 0.3) is 72.8 Å². The van der Waals surface area contributed by atoms with Gasteiger partial charge in [0.2, 0.25) is 0 Å². The number of hydrogen-bond donors (Lipinski definition) is 0. The van der Waals surface area contributed by atoms with Crippen molar-refractivity contribution in [3.8, 4) is 51.0 Å². The van der Waals surface area contributed by atoms with Crippen LogP contribution in [-0.2, 0) is 24.7 Å². The Kier molecular flexibility index (Phi) is 9.28. The molecule has 0 spiro atoms. The van der Waals surface area contributed by atoms with Crippen molar-refractivity contribution in [1.82, 2.24) is 19.5 Å². The molecule has 4 nitrogen and oxygen atoms in total. The van der Waals surface area contributed by atoms with Crippen molar-refractivity contribution in [1.29, 1.82) is 0 Å². The summed E-state index contributed by atoms with van der Waals surface area (Å²) in [4.78, 5) is 13.8. The molecule has 2 heterocycles. The molecule has 0 N–H and O–H groups in total. The number of benzene rings is 6. The van der Waals surface area contributed by atoms with E-state index < -0.39 is 52.5 Å². The van der Waals surface area contributed by atoms with Gasteiger partial charge in [0.1, 0.15) is 0 Å². The van der Waals surface area contributed by atoms with Gasteiger partial charge in [-0.2, -0.15) is 52.7 Å². The molecule has 6 aromatic carbocycles. The predicted molar refractivity (Wildman–Crippen MR) is 196 cm³/mol. The second-order valence-electron chi connectivity index (χ2n) is 13.4. The van der Waals surface area contributed by atoms with E-state index in [9.17, 15) is 52.7 Å². The third kappa shape index (κ3) is 7.57. The average Bonchev–Trinajstić information content (AvgIpc) is 3.53. The maximum absolute atomic E-state index is 14.2. The van der Waals surface area contributed by atoms with Gasteiger partial charge in [-0.3, -0.25) is 0 Å². The van der Waals surface area contributed by atoms with Crippen molar-refractivity contribution in [2.24, 2.45) is 0 Å². The van der Waals surface area contributed by atoms with Gasteiger partial charge in [0.15, 0.2) is 17.5 Å². The summed E-state index contributed by atoms with van der Waals surface area (Å²) >= 11 is 0. The van der Waals surface area contributed by atoms with Crippen molar-refractivity contribution in [3.63, 3.8) is 0 Å². The van der Waals surface area contributed by atoms with Gasteiger partial charge >= 0.3 is 24.7 Å². The first-order valence-electron chi connectivity index (χ1n) is 17.3. The van der Waals surface area contributed by atoms with Gasteiger partial charge in [-0.25, -0.2) is 15.0 Å². The molecule has 298 valence electrons. The second-order valence-corrected chi connectivity index (χ2v) is 13.4. The molecule has 0 aliphatic rings. The normalized spacial score (nSPS) is 12.7. The summed E-state index contributed by atoms with van der Waals surface area (Å²) in [5, 5.41) is 0.246. The molecule has 0 saturated heterocycles. The number of hydrogen-bond acceptors (Lipinski definition) is 3. The Bertz CT molecular complexity index is 2710. The summed E-state index contributed by atoms with van der Waals surface area (Å²) in [6.07, 6.45) is -20.2. The van der Waals surface area contributed by atoms with E-state index in [0.717, 1.165) is 47.0 Å². The van der Waals surface area contributed by atoms with E-state index >= 15 is 0 Å². The minimum Gasteiger partial charge on any atom is -0.309 e. The van der Waals surface area contributed by atoms with E-state index in [4.69, 9.17) is 0 Å². The highest BCUT2D eigenvalue weighted by molar-refractivity contribution is 6.10.